The van der Waals surface area contributed by atoms with Crippen LogP contribution in [0.2, 0.25) is 0 Å². The maximum Gasteiger partial charge on any atom is 0.321 e. The van der Waals surface area contributed by atoms with Crippen molar-refractivity contribution in [1.29, 1.82) is 0 Å². The quantitative estimate of drug-likeness (QED) is 0.652. The number of likely N-dealkylation sites (tertiary alicyclic amines) is 1. The number of anilines is 2. The molecule has 1 aromatic carbocycles. The Morgan fingerprint density at radius 3 is 2.58 bits per heavy atom. The molecule has 2 aliphatic rings. The van der Waals surface area contributed by atoms with Crippen LogP contribution < -0.4 is 10.2 Å². The molecule has 4 heterocycles. The highest BCUT2D eigenvalue weighted by Gasteiger charge is 2.46. The first-order valence-electron chi connectivity index (χ1n) is 10.6. The number of halogens is 2. The van der Waals surface area contributed by atoms with Crippen LogP contribution in [-0.2, 0) is 16.9 Å². The summed E-state index contributed by atoms with van der Waals surface area (Å²) >= 11 is 0. The van der Waals surface area contributed by atoms with Crippen LogP contribution in [0.25, 0.3) is 0 Å². The first-order valence-corrected chi connectivity index (χ1v) is 10.6. The van der Waals surface area contributed by atoms with Gasteiger partial charge in [-0.3, -0.25) is 9.69 Å². The average Bonchev–Trinajstić information content (AvgIpc) is 3.40. The van der Waals surface area contributed by atoms with E-state index in [9.17, 15) is 18.4 Å². The fraction of sp³-hybridized carbons (Fsp3) is 0.364. The topological polar surface area (TPSA) is 96.5 Å². The van der Waals surface area contributed by atoms with Crippen LogP contribution in [0.3, 0.4) is 0 Å². The van der Waals surface area contributed by atoms with Gasteiger partial charge >= 0.3 is 6.03 Å². The number of piperidine rings is 1. The summed E-state index contributed by atoms with van der Waals surface area (Å²) < 4.78 is 33.8. The first kappa shape index (κ1) is 21.1. The SMILES string of the molecule is Cc1cc(CN2C(=O)CC3(CCN(C(=O)Nc4cc(F)cc(F)c4)CC3)n3nccc32)no1. The molecule has 2 aliphatic heterocycles. The van der Waals surface area contributed by atoms with Crippen LogP contribution in [0.4, 0.5) is 25.1 Å². The van der Waals surface area contributed by atoms with Gasteiger partial charge in [-0.25, -0.2) is 18.3 Å². The number of rotatable bonds is 3. The summed E-state index contributed by atoms with van der Waals surface area (Å²) in [6.45, 7) is 2.83. The van der Waals surface area contributed by atoms with Crippen molar-refractivity contribution in [1.82, 2.24) is 19.8 Å². The smallest absolute Gasteiger partial charge is 0.321 e. The number of benzene rings is 1. The van der Waals surface area contributed by atoms with E-state index in [0.29, 0.717) is 43.2 Å². The van der Waals surface area contributed by atoms with Crippen molar-refractivity contribution < 1.29 is 22.9 Å². The number of carbonyl (C=O) groups is 2. The Morgan fingerprint density at radius 1 is 1.18 bits per heavy atom. The molecule has 1 saturated heterocycles. The number of fused-ring (bicyclic) bond motifs is 2. The molecule has 1 N–H and O–H groups in total. The van der Waals surface area contributed by atoms with Gasteiger partial charge in [-0.2, -0.15) is 5.10 Å². The zero-order valence-electron chi connectivity index (χ0n) is 17.9. The molecule has 0 aliphatic carbocycles. The Kier molecular flexibility index (Phi) is 5.10. The van der Waals surface area contributed by atoms with Crippen molar-refractivity contribution in [3.63, 3.8) is 0 Å². The number of hydrogen-bond acceptors (Lipinski definition) is 5. The number of carbonyl (C=O) groups excluding carboxylic acids is 2. The Hall–Kier alpha value is -3.76. The summed E-state index contributed by atoms with van der Waals surface area (Å²) in [6, 6.07) is 6.01. The molecular formula is C22H22F2N6O3. The minimum atomic E-state index is -0.764. The van der Waals surface area contributed by atoms with E-state index in [2.05, 4.69) is 15.6 Å². The van der Waals surface area contributed by atoms with E-state index in [1.54, 1.807) is 35.1 Å². The second-order valence-electron chi connectivity index (χ2n) is 8.49. The molecule has 1 spiro atoms. The lowest BCUT2D eigenvalue weighted by Crippen LogP contribution is -2.55. The van der Waals surface area contributed by atoms with Crippen molar-refractivity contribution >= 4 is 23.4 Å². The van der Waals surface area contributed by atoms with Crippen LogP contribution in [-0.4, -0.2) is 44.9 Å². The highest BCUT2D eigenvalue weighted by atomic mass is 19.1. The van der Waals surface area contributed by atoms with Crippen molar-refractivity contribution in [2.24, 2.45) is 0 Å². The summed E-state index contributed by atoms with van der Waals surface area (Å²) in [7, 11) is 0. The van der Waals surface area contributed by atoms with Crippen molar-refractivity contribution in [3.05, 3.63) is 59.6 Å². The van der Waals surface area contributed by atoms with E-state index in [1.807, 2.05) is 4.68 Å². The second kappa shape index (κ2) is 7.98. The van der Waals surface area contributed by atoms with Gasteiger partial charge in [0.1, 0.15) is 28.9 Å². The fourth-order valence-corrected chi connectivity index (χ4v) is 4.61. The first-order chi connectivity index (χ1) is 15.8. The summed E-state index contributed by atoms with van der Waals surface area (Å²) in [5.74, 6) is -0.219. The normalized spacial score (nSPS) is 17.4. The minimum absolute atomic E-state index is 0.0446. The average molecular weight is 456 g/mol. The van der Waals surface area contributed by atoms with Gasteiger partial charge in [-0.1, -0.05) is 5.16 Å². The Bertz CT molecular complexity index is 1190. The third-order valence-electron chi connectivity index (χ3n) is 6.22. The molecule has 9 nitrogen and oxygen atoms in total. The van der Waals surface area contributed by atoms with Gasteiger partial charge in [0.05, 0.1) is 24.7 Å². The monoisotopic (exact) mass is 456 g/mol. The molecule has 3 amide bonds. The molecule has 3 aromatic rings. The summed E-state index contributed by atoms with van der Waals surface area (Å²) in [5, 5.41) is 11.0. The molecular weight excluding hydrogens is 434 g/mol. The van der Waals surface area contributed by atoms with Crippen LogP contribution in [0.5, 0.6) is 0 Å². The molecule has 11 heteroatoms. The third-order valence-corrected chi connectivity index (χ3v) is 6.22. The highest BCUT2D eigenvalue weighted by molar-refractivity contribution is 5.94. The number of hydrogen-bond donors (Lipinski definition) is 1. The van der Waals surface area contributed by atoms with Crippen molar-refractivity contribution in [3.8, 4) is 0 Å². The van der Waals surface area contributed by atoms with E-state index in [-0.39, 0.29) is 24.6 Å². The number of aryl methyl sites for hydroxylation is 1. The predicted molar refractivity (Wildman–Crippen MR) is 113 cm³/mol. The van der Waals surface area contributed by atoms with E-state index in [4.69, 9.17) is 4.52 Å². The van der Waals surface area contributed by atoms with E-state index < -0.39 is 23.2 Å². The molecule has 172 valence electrons. The predicted octanol–water partition coefficient (Wildman–Crippen LogP) is 3.42. The third kappa shape index (κ3) is 3.94. The standard InChI is InChI=1S/C22H22F2N6O3/c1-14-8-18(27-33-14)13-29-19-2-5-25-30(19)22(12-20(29)31)3-6-28(7-4-22)21(32)26-17-10-15(23)9-16(24)11-17/h2,5,8-11H,3-4,6-7,12-13H2,1H3,(H,26,32). The number of aromatic nitrogens is 3. The number of nitrogens with one attached hydrogen (secondary N) is 1. The van der Waals surface area contributed by atoms with Gasteiger partial charge in [0, 0.05) is 37.0 Å². The van der Waals surface area contributed by atoms with E-state index >= 15 is 0 Å². The van der Waals surface area contributed by atoms with Crippen LogP contribution in [0.15, 0.2) is 41.1 Å². The van der Waals surface area contributed by atoms with E-state index in [1.165, 1.54) is 0 Å². The number of urea groups is 1. The van der Waals surface area contributed by atoms with Crippen molar-refractivity contribution in [2.45, 2.75) is 38.3 Å². The van der Waals surface area contributed by atoms with Gasteiger partial charge in [0.15, 0.2) is 0 Å². The molecule has 1 fully saturated rings. The molecule has 33 heavy (non-hydrogen) atoms. The lowest BCUT2D eigenvalue weighted by atomic mass is 9.82. The highest BCUT2D eigenvalue weighted by Crippen LogP contribution is 2.41. The lowest BCUT2D eigenvalue weighted by molar-refractivity contribution is -0.123. The van der Waals surface area contributed by atoms with E-state index in [0.717, 1.165) is 18.2 Å². The fourth-order valence-electron chi connectivity index (χ4n) is 4.61. The van der Waals surface area contributed by atoms with Gasteiger partial charge in [0.25, 0.3) is 0 Å². The molecule has 0 radical (unpaired) electrons. The van der Waals surface area contributed by atoms with Gasteiger partial charge < -0.3 is 14.7 Å². The molecule has 0 bridgehead atoms. The zero-order valence-corrected chi connectivity index (χ0v) is 17.9. The summed E-state index contributed by atoms with van der Waals surface area (Å²) in [5.41, 5.74) is 0.178. The van der Waals surface area contributed by atoms with Gasteiger partial charge in [0.2, 0.25) is 5.91 Å². The largest absolute Gasteiger partial charge is 0.361 e. The summed E-state index contributed by atoms with van der Waals surface area (Å²) in [6.07, 6.45) is 2.96. The van der Waals surface area contributed by atoms with Crippen LogP contribution >= 0.6 is 0 Å². The molecule has 0 atom stereocenters. The zero-order chi connectivity index (χ0) is 23.2. The Labute approximate surface area is 187 Å². The van der Waals surface area contributed by atoms with Crippen LogP contribution in [0.1, 0.15) is 30.7 Å². The molecule has 0 saturated carbocycles. The van der Waals surface area contributed by atoms with Crippen molar-refractivity contribution in [2.75, 3.05) is 23.3 Å². The van der Waals surface area contributed by atoms with Gasteiger partial charge in [-0.05, 0) is 31.9 Å². The molecule has 0 unspecified atom stereocenters. The minimum Gasteiger partial charge on any atom is -0.361 e. The number of nitrogens with zero attached hydrogens (tertiary/aromatic N) is 5. The summed E-state index contributed by atoms with van der Waals surface area (Å²) in [4.78, 5) is 29.0. The second-order valence-corrected chi connectivity index (χ2v) is 8.49. The lowest BCUT2D eigenvalue weighted by Gasteiger charge is -2.46. The molecule has 2 aromatic heterocycles. The maximum absolute atomic E-state index is 13.4. The van der Waals surface area contributed by atoms with Gasteiger partial charge in [-0.15, -0.1) is 0 Å². The maximum atomic E-state index is 13.4. The number of amides is 3. The van der Waals surface area contributed by atoms with Crippen LogP contribution in [0, 0.1) is 18.6 Å². The Morgan fingerprint density at radius 2 is 1.91 bits per heavy atom. The Balaban J connectivity index is 1.30. The molecule has 5 rings (SSSR count).